The average Bonchev–Trinajstić information content (AvgIpc) is 3.14. The Morgan fingerprint density at radius 3 is 2.81 bits per heavy atom. The van der Waals surface area contributed by atoms with Gasteiger partial charge in [0.2, 0.25) is 0 Å². The van der Waals surface area contributed by atoms with Crippen molar-refractivity contribution in [3.8, 4) is 0 Å². The van der Waals surface area contributed by atoms with E-state index in [1.54, 1.807) is 13.1 Å². The number of hydrogen-bond donors (Lipinski definition) is 1. The zero-order chi connectivity index (χ0) is 19.4. The van der Waals surface area contributed by atoms with Gasteiger partial charge in [-0.15, -0.1) is 0 Å². The molecule has 1 rings (SSSR count). The Morgan fingerprint density at radius 1 is 1.46 bits per heavy atom. The monoisotopic (exact) mass is 406 g/mol. The van der Waals surface area contributed by atoms with Crippen LogP contribution in [0.2, 0.25) is 0 Å². The van der Waals surface area contributed by atoms with Gasteiger partial charge < -0.3 is 9.72 Å². The summed E-state index contributed by atoms with van der Waals surface area (Å²) in [4.78, 5) is 29.2. The van der Waals surface area contributed by atoms with Gasteiger partial charge in [0.25, 0.3) is 0 Å². The number of thioether (sulfide) groups is 1. The number of ether oxygens (including phenoxy) is 1. The average molecular weight is 406 g/mol. The van der Waals surface area contributed by atoms with Crippen molar-refractivity contribution >= 4 is 36.7 Å². The van der Waals surface area contributed by atoms with Gasteiger partial charge in [-0.2, -0.15) is 0 Å². The summed E-state index contributed by atoms with van der Waals surface area (Å²) in [6.07, 6.45) is 5.57. The lowest BCUT2D eigenvalue weighted by atomic mass is 10.3. The van der Waals surface area contributed by atoms with Gasteiger partial charge in [-0.05, 0) is 12.5 Å². The number of carbonyl (C=O) groups excluding carboxylic acids is 2. The second-order valence-electron chi connectivity index (χ2n) is 4.91. The third kappa shape index (κ3) is 9.30. The van der Waals surface area contributed by atoms with Crippen LogP contribution in [0.15, 0.2) is 18.6 Å². The molecular formula is C15H23N2O7PS. The summed E-state index contributed by atoms with van der Waals surface area (Å²) in [7, 11) is -2.60. The number of carbonyl (C=O) groups is 2. The molecular weight excluding hydrogens is 383 g/mol. The molecule has 0 aliphatic heterocycles. The van der Waals surface area contributed by atoms with E-state index in [0.717, 1.165) is 11.8 Å². The molecule has 0 saturated heterocycles. The fourth-order valence-corrected chi connectivity index (χ4v) is 3.32. The molecule has 146 valence electrons. The quantitative estimate of drug-likeness (QED) is 0.242. The van der Waals surface area contributed by atoms with Crippen molar-refractivity contribution in [2.75, 3.05) is 26.1 Å². The van der Waals surface area contributed by atoms with Crippen molar-refractivity contribution in [2.45, 2.75) is 26.4 Å². The molecule has 2 unspecified atom stereocenters. The van der Waals surface area contributed by atoms with Gasteiger partial charge in [0.1, 0.15) is 12.7 Å². The standard InChI is InChI=1S/C15H23N2O7PS/c1-4-14(10-22-15(19)6-5-13-9-16-11-17-13)24-25(20,21-3)23-7-8-26-12(2)18/h5-6,9,11,14H,4,7-8,10H2,1-3H3,(H,16,17)/b6-5+. The second-order valence-corrected chi connectivity index (χ2v) is 7.91. The van der Waals surface area contributed by atoms with Crippen LogP contribution in [0.1, 0.15) is 26.0 Å². The van der Waals surface area contributed by atoms with E-state index in [2.05, 4.69) is 9.97 Å². The first-order valence-corrected chi connectivity index (χ1v) is 10.3. The van der Waals surface area contributed by atoms with Crippen molar-refractivity contribution in [1.82, 2.24) is 9.97 Å². The minimum atomic E-state index is -3.79. The van der Waals surface area contributed by atoms with Gasteiger partial charge in [-0.1, -0.05) is 18.7 Å². The summed E-state index contributed by atoms with van der Waals surface area (Å²) in [6, 6.07) is 0. The van der Waals surface area contributed by atoms with E-state index in [1.165, 1.54) is 32.5 Å². The maximum Gasteiger partial charge on any atom is 0.474 e. The smallest absolute Gasteiger partial charge is 0.460 e. The Morgan fingerprint density at radius 2 is 2.23 bits per heavy atom. The van der Waals surface area contributed by atoms with Gasteiger partial charge >= 0.3 is 13.8 Å². The fourth-order valence-electron chi connectivity index (χ4n) is 1.60. The Labute approximate surface area is 156 Å². The van der Waals surface area contributed by atoms with Crippen LogP contribution in [0, 0.1) is 0 Å². The summed E-state index contributed by atoms with van der Waals surface area (Å²) in [5.41, 5.74) is 0.658. The van der Waals surface area contributed by atoms with Crippen molar-refractivity contribution in [2.24, 2.45) is 0 Å². The molecule has 0 amide bonds. The Kier molecular flexibility index (Phi) is 10.5. The zero-order valence-corrected chi connectivity index (χ0v) is 16.6. The Balaban J connectivity index is 2.43. The molecule has 2 atom stereocenters. The predicted octanol–water partition coefficient (Wildman–Crippen LogP) is 2.81. The molecule has 1 heterocycles. The van der Waals surface area contributed by atoms with Crippen molar-refractivity contribution in [1.29, 1.82) is 0 Å². The van der Waals surface area contributed by atoms with E-state index in [4.69, 9.17) is 18.3 Å². The molecule has 1 aromatic rings. The number of hydrogen-bond acceptors (Lipinski definition) is 9. The van der Waals surface area contributed by atoms with Crippen LogP contribution in [0.3, 0.4) is 0 Å². The topological polar surface area (TPSA) is 117 Å². The third-order valence-corrected chi connectivity index (χ3v) is 5.20. The number of phosphoric ester groups is 1. The number of esters is 1. The molecule has 1 aromatic heterocycles. The highest BCUT2D eigenvalue weighted by atomic mass is 32.2. The van der Waals surface area contributed by atoms with Crippen LogP contribution < -0.4 is 0 Å². The lowest BCUT2D eigenvalue weighted by Crippen LogP contribution is -2.21. The first-order valence-electron chi connectivity index (χ1n) is 7.83. The summed E-state index contributed by atoms with van der Waals surface area (Å²) in [5, 5.41) is -0.0664. The normalized spacial score (nSPS) is 14.9. The molecule has 9 nitrogen and oxygen atoms in total. The zero-order valence-electron chi connectivity index (χ0n) is 14.9. The molecule has 1 N–H and O–H groups in total. The number of imidazole rings is 1. The lowest BCUT2D eigenvalue weighted by Gasteiger charge is -2.21. The van der Waals surface area contributed by atoms with Crippen LogP contribution in [0.4, 0.5) is 0 Å². The van der Waals surface area contributed by atoms with Gasteiger partial charge in [0.05, 0.1) is 24.8 Å². The van der Waals surface area contributed by atoms with E-state index in [1.807, 2.05) is 0 Å². The molecule has 11 heteroatoms. The van der Waals surface area contributed by atoms with E-state index >= 15 is 0 Å². The van der Waals surface area contributed by atoms with Crippen molar-refractivity contribution in [3.63, 3.8) is 0 Å². The largest absolute Gasteiger partial charge is 0.474 e. The molecule has 0 aromatic carbocycles. The van der Waals surface area contributed by atoms with Crippen LogP contribution in [-0.4, -0.2) is 53.2 Å². The first-order chi connectivity index (χ1) is 12.4. The number of H-pyrrole nitrogens is 1. The van der Waals surface area contributed by atoms with E-state index in [-0.39, 0.29) is 18.3 Å². The second kappa shape index (κ2) is 12.0. The number of phosphoric acid groups is 1. The number of aromatic nitrogens is 2. The number of nitrogens with zero attached hydrogens (tertiary/aromatic N) is 1. The Hall–Kier alpha value is -1.45. The number of rotatable bonds is 12. The maximum absolute atomic E-state index is 12.4. The lowest BCUT2D eigenvalue weighted by molar-refractivity contribution is -0.140. The molecule has 26 heavy (non-hydrogen) atoms. The summed E-state index contributed by atoms with van der Waals surface area (Å²) in [5.74, 6) is -0.247. The summed E-state index contributed by atoms with van der Waals surface area (Å²) >= 11 is 1.05. The number of nitrogens with one attached hydrogen (secondary N) is 1. The highest BCUT2D eigenvalue weighted by Crippen LogP contribution is 2.50. The highest BCUT2D eigenvalue weighted by molar-refractivity contribution is 8.13. The maximum atomic E-state index is 12.4. The van der Waals surface area contributed by atoms with Gasteiger partial charge in [-0.25, -0.2) is 14.3 Å². The summed E-state index contributed by atoms with van der Waals surface area (Å²) in [6.45, 7) is 3.13. The molecule has 0 saturated carbocycles. The molecule has 0 aliphatic carbocycles. The van der Waals surface area contributed by atoms with Gasteiger partial charge in [0.15, 0.2) is 5.12 Å². The van der Waals surface area contributed by atoms with Crippen LogP contribution in [0.25, 0.3) is 6.08 Å². The van der Waals surface area contributed by atoms with Crippen LogP contribution >= 0.6 is 19.6 Å². The highest BCUT2D eigenvalue weighted by Gasteiger charge is 2.29. The van der Waals surface area contributed by atoms with Gasteiger partial charge in [0, 0.05) is 25.9 Å². The molecule has 0 fully saturated rings. The Bertz CT molecular complexity index is 636. The van der Waals surface area contributed by atoms with Crippen molar-refractivity contribution in [3.05, 3.63) is 24.3 Å². The van der Waals surface area contributed by atoms with Crippen molar-refractivity contribution < 1.29 is 32.5 Å². The predicted molar refractivity (Wildman–Crippen MR) is 97.5 cm³/mol. The summed E-state index contributed by atoms with van der Waals surface area (Å²) < 4.78 is 32.8. The van der Waals surface area contributed by atoms with Crippen LogP contribution in [-0.2, 0) is 32.5 Å². The fraction of sp³-hybridized carbons (Fsp3) is 0.533. The first kappa shape index (κ1) is 22.6. The van der Waals surface area contributed by atoms with Gasteiger partial charge in [-0.3, -0.25) is 18.4 Å². The van der Waals surface area contributed by atoms with Crippen LogP contribution in [0.5, 0.6) is 0 Å². The molecule has 0 radical (unpaired) electrons. The molecule has 0 bridgehead atoms. The molecule has 0 spiro atoms. The minimum Gasteiger partial charge on any atom is -0.460 e. The van der Waals surface area contributed by atoms with E-state index in [9.17, 15) is 14.2 Å². The third-order valence-electron chi connectivity index (χ3n) is 2.93. The number of aromatic amines is 1. The SMILES string of the molecule is CCC(COC(=O)/C=C/c1cnc[nH]1)OP(=O)(OC)OCCSC(C)=O. The molecule has 0 aliphatic rings. The van der Waals surface area contributed by atoms with E-state index in [0.29, 0.717) is 17.9 Å². The minimum absolute atomic E-state index is 0.0263. The van der Waals surface area contributed by atoms with E-state index < -0.39 is 19.9 Å².